The molecule has 2 amide bonds. The summed E-state index contributed by atoms with van der Waals surface area (Å²) in [6, 6.07) is 0.135. The van der Waals surface area contributed by atoms with Gasteiger partial charge in [-0.15, -0.1) is 11.8 Å². The summed E-state index contributed by atoms with van der Waals surface area (Å²) >= 11 is 2.72. The Morgan fingerprint density at radius 3 is 2.86 bits per heavy atom. The Balaban J connectivity index is 1.88. The number of primary amides is 1. The topological polar surface area (TPSA) is 111 Å². The van der Waals surface area contributed by atoms with Crippen LogP contribution in [0.4, 0.5) is 5.13 Å². The molecular formula is C13H20N4O2S2. The molecule has 0 aliphatic heterocycles. The molecule has 116 valence electrons. The van der Waals surface area contributed by atoms with Gasteiger partial charge in [0.1, 0.15) is 0 Å². The summed E-state index contributed by atoms with van der Waals surface area (Å²) in [5.41, 5.74) is 11.9. The summed E-state index contributed by atoms with van der Waals surface area (Å²) in [7, 11) is 0. The van der Waals surface area contributed by atoms with Gasteiger partial charge in [0.15, 0.2) is 5.13 Å². The predicted octanol–water partition coefficient (Wildman–Crippen LogP) is 1.48. The van der Waals surface area contributed by atoms with Gasteiger partial charge in [-0.2, -0.15) is 0 Å². The van der Waals surface area contributed by atoms with E-state index < -0.39 is 0 Å². The number of rotatable bonds is 6. The fourth-order valence-corrected chi connectivity index (χ4v) is 4.33. The summed E-state index contributed by atoms with van der Waals surface area (Å²) in [5, 5.41) is 3.39. The van der Waals surface area contributed by atoms with Crippen molar-refractivity contribution in [2.75, 3.05) is 11.1 Å². The number of aromatic nitrogens is 1. The van der Waals surface area contributed by atoms with Gasteiger partial charge in [0.05, 0.1) is 15.7 Å². The number of carbonyl (C=O) groups excluding carboxylic acids is 2. The molecule has 1 aromatic heterocycles. The first kappa shape index (κ1) is 16.3. The lowest BCUT2D eigenvalue weighted by molar-refractivity contribution is -0.117. The first-order chi connectivity index (χ1) is 9.95. The van der Waals surface area contributed by atoms with Crippen LogP contribution in [0, 0.1) is 12.8 Å². The molecule has 0 unspecified atom stereocenters. The number of nitrogens with one attached hydrogen (secondary N) is 1. The second kappa shape index (κ2) is 7.24. The number of thioether (sulfide) groups is 1. The average Bonchev–Trinajstić information content (AvgIpc) is 2.94. The lowest BCUT2D eigenvalue weighted by Crippen LogP contribution is -2.28. The fraction of sp³-hybridized carbons (Fsp3) is 0.615. The molecule has 21 heavy (non-hydrogen) atoms. The second-order valence-corrected chi connectivity index (χ2v) is 7.50. The van der Waals surface area contributed by atoms with Crippen LogP contribution < -0.4 is 16.8 Å². The van der Waals surface area contributed by atoms with Gasteiger partial charge in [0.25, 0.3) is 0 Å². The van der Waals surface area contributed by atoms with Crippen LogP contribution in [-0.2, 0) is 9.59 Å². The van der Waals surface area contributed by atoms with Gasteiger partial charge in [-0.05, 0) is 25.7 Å². The highest BCUT2D eigenvalue weighted by atomic mass is 32.2. The molecule has 1 fully saturated rings. The maximum atomic E-state index is 12.0. The van der Waals surface area contributed by atoms with Gasteiger partial charge in [-0.1, -0.05) is 17.8 Å². The summed E-state index contributed by atoms with van der Waals surface area (Å²) in [4.78, 5) is 27.1. The third-order valence-electron chi connectivity index (χ3n) is 3.51. The molecule has 2 rings (SSSR count). The molecule has 0 spiro atoms. The van der Waals surface area contributed by atoms with E-state index in [1.807, 2.05) is 6.92 Å². The Labute approximate surface area is 132 Å². The fourth-order valence-electron chi connectivity index (χ4n) is 2.43. The van der Waals surface area contributed by atoms with Crippen LogP contribution >= 0.6 is 23.1 Å². The van der Waals surface area contributed by atoms with Crippen molar-refractivity contribution < 1.29 is 9.59 Å². The van der Waals surface area contributed by atoms with E-state index in [0.717, 1.165) is 29.2 Å². The second-order valence-electron chi connectivity index (χ2n) is 5.25. The molecule has 0 saturated heterocycles. The first-order valence-corrected chi connectivity index (χ1v) is 8.70. The zero-order chi connectivity index (χ0) is 15.4. The van der Waals surface area contributed by atoms with Crippen LogP contribution in [0.3, 0.4) is 0 Å². The standard InChI is InChI=1S/C13H20N4O2S2/c1-7-12(20-6-10(15)18)21-13(16-7)17-11(19)5-8-3-2-4-9(8)14/h8-9H,2-6,14H2,1H3,(H2,15,18)(H,16,17,19)/t8-,9+/m0/s1. The lowest BCUT2D eigenvalue weighted by atomic mass is 10.00. The maximum Gasteiger partial charge on any atom is 0.227 e. The van der Waals surface area contributed by atoms with E-state index in [2.05, 4.69) is 10.3 Å². The van der Waals surface area contributed by atoms with Crippen molar-refractivity contribution in [3.63, 3.8) is 0 Å². The molecule has 1 aliphatic carbocycles. The third-order valence-corrected chi connectivity index (χ3v) is 5.97. The number of aryl methyl sites for hydroxylation is 1. The largest absolute Gasteiger partial charge is 0.369 e. The number of nitrogens with zero attached hydrogens (tertiary/aromatic N) is 1. The van der Waals surface area contributed by atoms with Crippen molar-refractivity contribution in [2.24, 2.45) is 17.4 Å². The average molecular weight is 328 g/mol. The van der Waals surface area contributed by atoms with Crippen LogP contribution in [-0.4, -0.2) is 28.6 Å². The van der Waals surface area contributed by atoms with E-state index >= 15 is 0 Å². The normalized spacial score (nSPS) is 21.4. The van der Waals surface area contributed by atoms with Gasteiger partial charge >= 0.3 is 0 Å². The Morgan fingerprint density at radius 1 is 1.48 bits per heavy atom. The molecule has 5 N–H and O–H groups in total. The van der Waals surface area contributed by atoms with E-state index in [1.54, 1.807) is 0 Å². The molecular weight excluding hydrogens is 308 g/mol. The Kier molecular flexibility index (Phi) is 5.60. The van der Waals surface area contributed by atoms with Crippen molar-refractivity contribution in [3.8, 4) is 0 Å². The van der Waals surface area contributed by atoms with Crippen molar-refractivity contribution >= 4 is 40.0 Å². The number of anilines is 1. The monoisotopic (exact) mass is 328 g/mol. The molecule has 2 atom stereocenters. The van der Waals surface area contributed by atoms with Crippen LogP contribution in [0.25, 0.3) is 0 Å². The summed E-state index contributed by atoms with van der Waals surface area (Å²) in [6.45, 7) is 1.85. The minimum Gasteiger partial charge on any atom is -0.369 e. The summed E-state index contributed by atoms with van der Waals surface area (Å²) < 4.78 is 0.904. The molecule has 1 aliphatic rings. The Hall–Kier alpha value is -1.12. The smallest absolute Gasteiger partial charge is 0.227 e. The Morgan fingerprint density at radius 2 is 2.24 bits per heavy atom. The SMILES string of the molecule is Cc1nc(NC(=O)C[C@@H]2CCC[C@H]2N)sc1SCC(N)=O. The highest BCUT2D eigenvalue weighted by Gasteiger charge is 2.26. The highest BCUT2D eigenvalue weighted by molar-refractivity contribution is 8.01. The summed E-state index contributed by atoms with van der Waals surface area (Å²) in [5.74, 6) is 0.0776. The van der Waals surface area contributed by atoms with Gasteiger partial charge < -0.3 is 16.8 Å². The zero-order valence-corrected chi connectivity index (χ0v) is 13.6. The third kappa shape index (κ3) is 4.69. The number of hydrogen-bond donors (Lipinski definition) is 3. The highest BCUT2D eigenvalue weighted by Crippen LogP contribution is 2.32. The van der Waals surface area contributed by atoms with Crippen LogP contribution in [0.15, 0.2) is 4.21 Å². The number of carbonyl (C=O) groups is 2. The van der Waals surface area contributed by atoms with Gasteiger partial charge in [0, 0.05) is 12.5 Å². The van der Waals surface area contributed by atoms with Crippen LogP contribution in [0.2, 0.25) is 0 Å². The van der Waals surface area contributed by atoms with Gasteiger partial charge in [-0.25, -0.2) is 4.98 Å². The zero-order valence-electron chi connectivity index (χ0n) is 11.9. The molecule has 0 bridgehead atoms. The number of nitrogens with two attached hydrogens (primary N) is 2. The predicted molar refractivity (Wildman–Crippen MR) is 85.3 cm³/mol. The Bertz CT molecular complexity index is 532. The first-order valence-electron chi connectivity index (χ1n) is 6.89. The molecule has 1 heterocycles. The number of hydrogen-bond acceptors (Lipinski definition) is 6. The summed E-state index contributed by atoms with van der Waals surface area (Å²) in [6.07, 6.45) is 3.57. The molecule has 0 aromatic carbocycles. The molecule has 1 saturated carbocycles. The van der Waals surface area contributed by atoms with Crippen molar-refractivity contribution in [1.82, 2.24) is 4.98 Å². The number of amides is 2. The van der Waals surface area contributed by atoms with Crippen LogP contribution in [0.5, 0.6) is 0 Å². The van der Waals surface area contributed by atoms with Gasteiger partial charge in [-0.3, -0.25) is 9.59 Å². The van der Waals surface area contributed by atoms with Crippen molar-refractivity contribution in [1.29, 1.82) is 0 Å². The van der Waals surface area contributed by atoms with Crippen molar-refractivity contribution in [3.05, 3.63) is 5.69 Å². The molecule has 6 nitrogen and oxygen atoms in total. The minimum atomic E-state index is -0.367. The number of thiazole rings is 1. The van der Waals surface area contributed by atoms with Gasteiger partial charge in [0.2, 0.25) is 11.8 Å². The van der Waals surface area contributed by atoms with E-state index in [1.165, 1.54) is 23.1 Å². The van der Waals surface area contributed by atoms with Crippen molar-refractivity contribution in [2.45, 2.75) is 42.9 Å². The van der Waals surface area contributed by atoms with E-state index in [-0.39, 0.29) is 29.5 Å². The maximum absolute atomic E-state index is 12.0. The van der Waals surface area contributed by atoms with E-state index in [4.69, 9.17) is 11.5 Å². The molecule has 8 heteroatoms. The van der Waals surface area contributed by atoms with E-state index in [9.17, 15) is 9.59 Å². The lowest BCUT2D eigenvalue weighted by Gasteiger charge is -2.13. The molecule has 0 radical (unpaired) electrons. The minimum absolute atomic E-state index is 0.0439. The van der Waals surface area contributed by atoms with Crippen LogP contribution in [0.1, 0.15) is 31.4 Å². The van der Waals surface area contributed by atoms with E-state index in [0.29, 0.717) is 11.6 Å². The molecule has 1 aromatic rings. The quantitative estimate of drug-likeness (QED) is 0.685.